The van der Waals surface area contributed by atoms with Crippen LogP contribution >= 0.6 is 0 Å². The van der Waals surface area contributed by atoms with Gasteiger partial charge in [0.05, 0.1) is 11.5 Å². The Balaban J connectivity index is 1.55. The summed E-state index contributed by atoms with van der Waals surface area (Å²) < 4.78 is 11.5. The first kappa shape index (κ1) is 19.2. The smallest absolute Gasteiger partial charge is 0.311 e. The molecule has 0 N–H and O–H groups in total. The molecule has 0 atom stereocenters. The summed E-state index contributed by atoms with van der Waals surface area (Å²) in [5.41, 5.74) is 1.01. The maximum atomic E-state index is 11.3. The van der Waals surface area contributed by atoms with Crippen LogP contribution in [0.3, 0.4) is 0 Å². The summed E-state index contributed by atoms with van der Waals surface area (Å²) in [6.07, 6.45) is 4.68. The zero-order valence-corrected chi connectivity index (χ0v) is 15.5. The number of rotatable bonds is 9. The van der Waals surface area contributed by atoms with Gasteiger partial charge < -0.3 is 14.4 Å². The molecule has 0 aliphatic carbocycles. The molecule has 2 aromatic rings. The predicted octanol–water partition coefficient (Wildman–Crippen LogP) is 4.43. The highest BCUT2D eigenvalue weighted by Crippen LogP contribution is 2.31. The molecule has 0 radical (unpaired) electrons. The second-order valence-corrected chi connectivity index (χ2v) is 6.77. The molecular formula is C21H26N2O4. The van der Waals surface area contributed by atoms with Gasteiger partial charge >= 0.3 is 5.69 Å². The Morgan fingerprint density at radius 2 is 1.78 bits per heavy atom. The molecule has 1 saturated heterocycles. The highest BCUT2D eigenvalue weighted by molar-refractivity contribution is 5.50. The van der Waals surface area contributed by atoms with Gasteiger partial charge in [0, 0.05) is 18.7 Å². The molecule has 1 fully saturated rings. The summed E-state index contributed by atoms with van der Waals surface area (Å²) in [5, 5.41) is 11.3. The molecule has 6 nitrogen and oxygen atoms in total. The topological polar surface area (TPSA) is 64.8 Å². The van der Waals surface area contributed by atoms with Crippen molar-refractivity contribution in [1.82, 2.24) is 4.90 Å². The van der Waals surface area contributed by atoms with Gasteiger partial charge in [0.2, 0.25) is 5.75 Å². The Morgan fingerprint density at radius 3 is 2.52 bits per heavy atom. The molecule has 1 aliphatic rings. The van der Waals surface area contributed by atoms with Gasteiger partial charge in [-0.2, -0.15) is 0 Å². The summed E-state index contributed by atoms with van der Waals surface area (Å²) in [5.74, 6) is 0.833. The lowest BCUT2D eigenvalue weighted by molar-refractivity contribution is -0.385. The van der Waals surface area contributed by atoms with Crippen LogP contribution in [-0.2, 0) is 6.61 Å². The van der Waals surface area contributed by atoms with E-state index in [1.165, 1.54) is 25.3 Å². The fourth-order valence-electron chi connectivity index (χ4n) is 3.24. The highest BCUT2D eigenvalue weighted by atomic mass is 16.6. The van der Waals surface area contributed by atoms with E-state index >= 15 is 0 Å². The Hall–Kier alpha value is -2.60. The van der Waals surface area contributed by atoms with Crippen molar-refractivity contribution in [2.24, 2.45) is 0 Å². The zero-order chi connectivity index (χ0) is 18.9. The van der Waals surface area contributed by atoms with Crippen molar-refractivity contribution < 1.29 is 14.4 Å². The number of hydrogen-bond donors (Lipinski definition) is 0. The summed E-state index contributed by atoms with van der Waals surface area (Å²) in [6.45, 7) is 4.12. The molecule has 0 unspecified atom stereocenters. The third kappa shape index (κ3) is 5.96. The molecule has 1 aliphatic heterocycles. The van der Waals surface area contributed by atoms with E-state index in [2.05, 4.69) is 4.90 Å². The van der Waals surface area contributed by atoms with E-state index in [9.17, 15) is 10.1 Å². The Morgan fingerprint density at radius 1 is 1.00 bits per heavy atom. The van der Waals surface area contributed by atoms with Gasteiger partial charge in [-0.25, -0.2) is 0 Å². The van der Waals surface area contributed by atoms with E-state index in [4.69, 9.17) is 9.47 Å². The Kier molecular flexibility index (Phi) is 7.04. The van der Waals surface area contributed by atoms with Gasteiger partial charge in [-0.3, -0.25) is 10.1 Å². The lowest BCUT2D eigenvalue weighted by Gasteiger charge is -2.26. The number of benzene rings is 2. The van der Waals surface area contributed by atoms with Gasteiger partial charge in [-0.1, -0.05) is 36.8 Å². The number of nitro benzene ring substituents is 1. The molecule has 6 heteroatoms. The van der Waals surface area contributed by atoms with Crippen molar-refractivity contribution in [3.63, 3.8) is 0 Å². The normalized spacial score (nSPS) is 14.7. The molecule has 0 amide bonds. The SMILES string of the molecule is O=[N+]([O-])c1ccc(OCc2ccccc2)cc1OCCCN1CCCCC1. The molecule has 0 saturated carbocycles. The van der Waals surface area contributed by atoms with Gasteiger partial charge in [0.15, 0.2) is 0 Å². The van der Waals surface area contributed by atoms with Gasteiger partial charge in [-0.05, 0) is 44.0 Å². The van der Waals surface area contributed by atoms with E-state index in [1.807, 2.05) is 30.3 Å². The molecule has 0 spiro atoms. The molecule has 1 heterocycles. The molecular weight excluding hydrogens is 344 g/mol. The van der Waals surface area contributed by atoms with Crippen molar-refractivity contribution >= 4 is 5.69 Å². The second kappa shape index (κ2) is 9.92. The Labute approximate surface area is 159 Å². The number of hydrogen-bond acceptors (Lipinski definition) is 5. The van der Waals surface area contributed by atoms with Crippen LogP contribution in [0.25, 0.3) is 0 Å². The van der Waals surface area contributed by atoms with Gasteiger partial charge in [0.1, 0.15) is 12.4 Å². The van der Waals surface area contributed by atoms with E-state index in [-0.39, 0.29) is 11.4 Å². The second-order valence-electron chi connectivity index (χ2n) is 6.77. The fraction of sp³-hybridized carbons (Fsp3) is 0.429. The number of likely N-dealkylation sites (tertiary alicyclic amines) is 1. The minimum Gasteiger partial charge on any atom is -0.489 e. The van der Waals surface area contributed by atoms with E-state index in [1.54, 1.807) is 12.1 Å². The van der Waals surface area contributed by atoms with E-state index < -0.39 is 4.92 Å². The minimum atomic E-state index is -0.416. The standard InChI is InChI=1S/C21H26N2O4/c24-23(25)20-11-10-19(27-17-18-8-3-1-4-9-18)16-21(20)26-15-7-14-22-12-5-2-6-13-22/h1,3-4,8-11,16H,2,5-7,12-15,17H2. The molecule has 27 heavy (non-hydrogen) atoms. The molecule has 144 valence electrons. The predicted molar refractivity (Wildman–Crippen MR) is 104 cm³/mol. The lowest BCUT2D eigenvalue weighted by atomic mass is 10.1. The van der Waals surface area contributed by atoms with E-state index in [0.717, 1.165) is 31.6 Å². The molecule has 0 aromatic heterocycles. The highest BCUT2D eigenvalue weighted by Gasteiger charge is 2.17. The lowest BCUT2D eigenvalue weighted by Crippen LogP contribution is -2.31. The molecule has 0 bridgehead atoms. The zero-order valence-electron chi connectivity index (χ0n) is 15.5. The van der Waals surface area contributed by atoms with E-state index in [0.29, 0.717) is 19.0 Å². The average molecular weight is 370 g/mol. The number of nitrogens with zero attached hydrogens (tertiary/aromatic N) is 2. The van der Waals surface area contributed by atoms with Crippen LogP contribution in [0.4, 0.5) is 5.69 Å². The number of piperidine rings is 1. The van der Waals surface area contributed by atoms with Crippen LogP contribution in [0.15, 0.2) is 48.5 Å². The van der Waals surface area contributed by atoms with Crippen LogP contribution in [0, 0.1) is 10.1 Å². The van der Waals surface area contributed by atoms with Crippen molar-refractivity contribution in [3.8, 4) is 11.5 Å². The third-order valence-electron chi connectivity index (χ3n) is 4.70. The maximum Gasteiger partial charge on any atom is 0.311 e. The monoisotopic (exact) mass is 370 g/mol. The maximum absolute atomic E-state index is 11.3. The van der Waals surface area contributed by atoms with Crippen molar-refractivity contribution in [2.75, 3.05) is 26.2 Å². The van der Waals surface area contributed by atoms with Crippen LogP contribution in [-0.4, -0.2) is 36.1 Å². The van der Waals surface area contributed by atoms with Crippen molar-refractivity contribution in [1.29, 1.82) is 0 Å². The number of nitro groups is 1. The summed E-state index contributed by atoms with van der Waals surface area (Å²) in [6, 6.07) is 14.5. The largest absolute Gasteiger partial charge is 0.489 e. The number of ether oxygens (including phenoxy) is 2. The third-order valence-corrected chi connectivity index (χ3v) is 4.70. The van der Waals surface area contributed by atoms with Crippen molar-refractivity contribution in [2.45, 2.75) is 32.3 Å². The molecule has 3 rings (SSSR count). The molecule has 2 aromatic carbocycles. The first-order valence-electron chi connectivity index (χ1n) is 9.53. The summed E-state index contributed by atoms with van der Waals surface area (Å²) in [7, 11) is 0. The Bertz CT molecular complexity index is 730. The van der Waals surface area contributed by atoms with Crippen LogP contribution in [0.5, 0.6) is 11.5 Å². The summed E-state index contributed by atoms with van der Waals surface area (Å²) >= 11 is 0. The van der Waals surface area contributed by atoms with Gasteiger partial charge in [-0.15, -0.1) is 0 Å². The van der Waals surface area contributed by atoms with Crippen molar-refractivity contribution in [3.05, 3.63) is 64.2 Å². The van der Waals surface area contributed by atoms with Crippen LogP contribution < -0.4 is 9.47 Å². The quantitative estimate of drug-likeness (QED) is 0.371. The minimum absolute atomic E-state index is 0.0277. The fourth-order valence-corrected chi connectivity index (χ4v) is 3.24. The van der Waals surface area contributed by atoms with Gasteiger partial charge in [0.25, 0.3) is 0 Å². The summed E-state index contributed by atoms with van der Waals surface area (Å²) in [4.78, 5) is 13.3. The first-order chi connectivity index (χ1) is 13.2. The van der Waals surface area contributed by atoms with Crippen LogP contribution in [0.1, 0.15) is 31.2 Å². The van der Waals surface area contributed by atoms with Crippen LogP contribution in [0.2, 0.25) is 0 Å². The average Bonchev–Trinajstić information content (AvgIpc) is 2.71. The first-order valence-corrected chi connectivity index (χ1v) is 9.53.